The Balaban J connectivity index is 0. The summed E-state index contributed by atoms with van der Waals surface area (Å²) in [5.74, 6) is 0. The summed E-state index contributed by atoms with van der Waals surface area (Å²) in [4.78, 5) is 0. The molecule has 0 unspecified atom stereocenters. The predicted octanol–water partition coefficient (Wildman–Crippen LogP) is -4.74. The van der Waals surface area contributed by atoms with Crippen molar-refractivity contribution in [2.45, 2.75) is 0 Å². The zero-order valence-electron chi connectivity index (χ0n) is 0. The first-order valence-electron chi connectivity index (χ1n) is 0. The van der Waals surface area contributed by atoms with Crippen LogP contribution in [0.1, 0.15) is 0 Å². The lowest BCUT2D eigenvalue weighted by Gasteiger charge is 0.186. The van der Waals surface area contributed by atoms with Gasteiger partial charge in [-0.15, -0.1) is 0 Å². The van der Waals surface area contributed by atoms with Crippen LogP contribution in [0.25, 0.3) is 0 Å². The molecule has 0 aliphatic rings. The molecule has 0 saturated carbocycles. The van der Waals surface area contributed by atoms with Crippen molar-refractivity contribution in [2.24, 2.45) is 0 Å². The second-order valence-electron chi connectivity index (χ2n) is 0. The third kappa shape index (κ3) is 8.92. The van der Waals surface area contributed by atoms with Crippen LogP contribution in [0.4, 0.5) is 0 Å². The van der Waals surface area contributed by atoms with Gasteiger partial charge in [-0.05, 0) is 0 Å². The van der Waals surface area contributed by atoms with Crippen molar-refractivity contribution in [3.05, 3.63) is 0 Å². The van der Waals surface area contributed by atoms with Crippen LogP contribution in [-0.4, -0.2) is 69.4 Å². The molecule has 0 nitrogen and oxygen atoms in total. The summed E-state index contributed by atoms with van der Waals surface area (Å²) in [5.41, 5.74) is 0. The Morgan fingerprint density at radius 2 is 0.250 bits per heavy atom. The van der Waals surface area contributed by atoms with E-state index in [2.05, 4.69) is 0 Å². The summed E-state index contributed by atoms with van der Waals surface area (Å²) in [6.45, 7) is 0. The fourth-order valence-corrected chi connectivity index (χ4v) is 0. The molecule has 0 saturated heterocycles. The first-order valence-corrected chi connectivity index (χ1v) is 0. The van der Waals surface area contributed by atoms with Crippen molar-refractivity contribution in [1.82, 2.24) is 0 Å². The molecule has 0 N–H and O–H groups in total. The Morgan fingerprint density at radius 1 is 0.250 bits per heavy atom. The van der Waals surface area contributed by atoms with E-state index >= 15 is 0 Å². The summed E-state index contributed by atoms with van der Waals surface area (Å²) in [6.07, 6.45) is 0. The third-order valence-corrected chi connectivity index (χ3v) is 0. The number of rotatable bonds is 0. The van der Waals surface area contributed by atoms with Gasteiger partial charge in [0.2, 0.25) is 0 Å². The van der Waals surface area contributed by atoms with Gasteiger partial charge in [-0.3, -0.25) is 0 Å². The largest absolute Gasteiger partial charge is 0.187 e. The van der Waals surface area contributed by atoms with Gasteiger partial charge >= 0.3 is 0 Å². The smallest absolute Gasteiger partial charge is 0.187 e. The molecule has 0 radical (unpaired) electrons. The summed E-state index contributed by atoms with van der Waals surface area (Å²) in [6, 6.07) is 0. The highest BCUT2D eigenvalue weighted by Crippen LogP contribution is -0.378. The second-order valence-corrected chi connectivity index (χ2v) is 0. The van der Waals surface area contributed by atoms with Crippen molar-refractivity contribution in [3.63, 3.8) is 0 Å². The monoisotopic (exact) mass is 120 g/mol. The Labute approximate surface area is 68.9 Å². The van der Waals surface area contributed by atoms with Crippen LogP contribution in [0.3, 0.4) is 0 Å². The zero-order valence-corrected chi connectivity index (χ0v) is 0. The Bertz CT molecular complexity index is 0. The molecular weight excluding hydrogens is 108 g/mol. The second kappa shape index (κ2) is 19.3. The summed E-state index contributed by atoms with van der Waals surface area (Å²) in [5, 5.41) is 0. The average molecular weight is 120 g/mol. The maximum Gasteiger partial charge on any atom is 0.187 e. The molecule has 0 aromatic carbocycles. The molecule has 0 fully saturated rings. The molecule has 0 heterocycles. The molecule has 0 bridgehead atoms. The average Bonchev–Trinajstić information content (AvgIpc) is 0. The highest BCUT2D eigenvalue weighted by molar-refractivity contribution is 5.76. The molecule has 0 aliphatic heterocycles. The normalized spacial score (nSPS) is 0. The van der Waals surface area contributed by atoms with E-state index in [9.17, 15) is 0 Å². The summed E-state index contributed by atoms with van der Waals surface area (Å²) < 4.78 is 0. The van der Waals surface area contributed by atoms with Gasteiger partial charge in [0.15, 0.2) is 69.4 Å². The molecule has 0 atom stereocenters. The Hall–Kier alpha value is 2.13. The van der Waals surface area contributed by atoms with E-state index in [0.29, 0.717) is 0 Å². The van der Waals surface area contributed by atoms with Gasteiger partial charge in [-0.25, -0.2) is 0 Å². The molecule has 4 heteroatoms. The van der Waals surface area contributed by atoms with Gasteiger partial charge in [0.05, 0.1) is 0 Å². The van der Waals surface area contributed by atoms with Crippen LogP contribution in [0.15, 0.2) is 0 Å². The molecular formula is H12Al4. The highest BCUT2D eigenvalue weighted by atomic mass is 27.0. The van der Waals surface area contributed by atoms with Gasteiger partial charge < -0.3 is 0 Å². The van der Waals surface area contributed by atoms with Crippen molar-refractivity contribution >= 4 is 69.4 Å². The van der Waals surface area contributed by atoms with E-state index in [1.54, 1.807) is 0 Å². The van der Waals surface area contributed by atoms with Crippen molar-refractivity contribution in [2.75, 3.05) is 0 Å². The quantitative estimate of drug-likeness (QED) is 0.282. The topological polar surface area (TPSA) is 0 Å². The molecule has 4 heavy (non-hydrogen) atoms. The summed E-state index contributed by atoms with van der Waals surface area (Å²) >= 11 is 0. The molecule has 0 rings (SSSR count). The van der Waals surface area contributed by atoms with Crippen LogP contribution in [0.5, 0.6) is 0 Å². The third-order valence-electron chi connectivity index (χ3n) is 0. The minimum Gasteiger partial charge on any atom is 0.187 e. The van der Waals surface area contributed by atoms with Crippen LogP contribution < -0.4 is 0 Å². The predicted molar refractivity (Wildman–Crippen MR) is 39.8 cm³/mol. The highest BCUT2D eigenvalue weighted by Gasteiger charge is 0.190. The van der Waals surface area contributed by atoms with Crippen molar-refractivity contribution in [1.29, 1.82) is 0 Å². The Kier molecular flexibility index (Phi) is 171. The minimum atomic E-state index is 0. The SMILES string of the molecule is [AlH3].[AlH3].[AlH3].[AlH3]. The van der Waals surface area contributed by atoms with Crippen LogP contribution in [0, 0.1) is 0 Å². The first kappa shape index (κ1) is 35.6. The maximum absolute atomic E-state index is 0. The van der Waals surface area contributed by atoms with E-state index in [1.165, 1.54) is 0 Å². The molecule has 0 spiro atoms. The fraction of sp³-hybridized carbons (Fsp3) is 0. The van der Waals surface area contributed by atoms with E-state index in [0.717, 1.165) is 0 Å². The van der Waals surface area contributed by atoms with Crippen LogP contribution >= 0.6 is 0 Å². The summed E-state index contributed by atoms with van der Waals surface area (Å²) in [7, 11) is 0. The maximum atomic E-state index is 0. The van der Waals surface area contributed by atoms with Crippen molar-refractivity contribution < 1.29 is 0 Å². The number of hydrogen-bond acceptors (Lipinski definition) is 0. The molecule has 0 aliphatic carbocycles. The lowest BCUT2D eigenvalue weighted by Crippen LogP contribution is -0.382. The lowest BCUT2D eigenvalue weighted by atomic mass is 27.0. The van der Waals surface area contributed by atoms with Crippen LogP contribution in [-0.2, 0) is 0 Å². The van der Waals surface area contributed by atoms with Gasteiger partial charge in [-0.1, -0.05) is 0 Å². The van der Waals surface area contributed by atoms with Gasteiger partial charge in [0.25, 0.3) is 0 Å². The Morgan fingerprint density at radius 3 is 0.250 bits per heavy atom. The van der Waals surface area contributed by atoms with E-state index < -0.39 is 0 Å². The zero-order chi connectivity index (χ0) is 0. The molecule has 24 valence electrons. The number of hydrogen-bond donors (Lipinski definition) is 0. The molecule has 0 aromatic heterocycles. The van der Waals surface area contributed by atoms with E-state index in [1.807, 2.05) is 0 Å². The first-order chi connectivity index (χ1) is 0. The minimum absolute atomic E-state index is 0. The standard InChI is InChI=1S/4Al.12H. The van der Waals surface area contributed by atoms with Gasteiger partial charge in [0, 0.05) is 0 Å². The van der Waals surface area contributed by atoms with Gasteiger partial charge in [-0.2, -0.15) is 0 Å². The fourth-order valence-electron chi connectivity index (χ4n) is 0. The van der Waals surface area contributed by atoms with Gasteiger partial charge in [0.1, 0.15) is 0 Å². The molecule has 0 aromatic rings. The lowest BCUT2D eigenvalue weighted by molar-refractivity contribution is 5.75. The van der Waals surface area contributed by atoms with E-state index in [-0.39, 0.29) is 69.4 Å². The van der Waals surface area contributed by atoms with Crippen LogP contribution in [0.2, 0.25) is 0 Å². The van der Waals surface area contributed by atoms with Crippen molar-refractivity contribution in [3.8, 4) is 0 Å². The molecule has 0 amide bonds. The van der Waals surface area contributed by atoms with E-state index in [4.69, 9.17) is 0 Å².